The highest BCUT2D eigenvalue weighted by atomic mass is 16.4. The van der Waals surface area contributed by atoms with Crippen LogP contribution in [0.3, 0.4) is 0 Å². The minimum atomic E-state index is -0.719. The van der Waals surface area contributed by atoms with Crippen LogP contribution in [-0.2, 0) is 9.59 Å². The number of carboxylic acid groups (broad SMARTS) is 1. The number of nitrogens with one attached hydrogen (secondary N) is 1. The van der Waals surface area contributed by atoms with Gasteiger partial charge in [0.2, 0.25) is 5.91 Å². The van der Waals surface area contributed by atoms with Crippen LogP contribution in [0.15, 0.2) is 0 Å². The first-order chi connectivity index (χ1) is 9.86. The Balaban J connectivity index is 2.74. The van der Waals surface area contributed by atoms with E-state index in [1.807, 2.05) is 32.6 Å². The monoisotopic (exact) mass is 298 g/mol. The van der Waals surface area contributed by atoms with Crippen molar-refractivity contribution < 1.29 is 14.7 Å². The number of carboxylic acids is 1. The molecule has 1 fully saturated rings. The largest absolute Gasteiger partial charge is 0.481 e. The molecule has 1 amide bonds. The van der Waals surface area contributed by atoms with Gasteiger partial charge >= 0.3 is 5.97 Å². The number of carbonyl (C=O) groups is 2. The summed E-state index contributed by atoms with van der Waals surface area (Å²) in [5.74, 6) is -0.717. The van der Waals surface area contributed by atoms with Crippen molar-refractivity contribution in [3.05, 3.63) is 0 Å². The van der Waals surface area contributed by atoms with Crippen molar-refractivity contribution in [2.24, 2.45) is 5.41 Å². The van der Waals surface area contributed by atoms with Gasteiger partial charge in [-0.15, -0.1) is 0 Å². The SMILES string of the molecule is CCCC1(C(=O)O)CCCN(C(C)C(=O)NC(C)CC)C1. The number of likely N-dealkylation sites (tertiary alicyclic amines) is 1. The van der Waals surface area contributed by atoms with Crippen LogP contribution in [0.2, 0.25) is 0 Å². The van der Waals surface area contributed by atoms with E-state index in [2.05, 4.69) is 5.32 Å². The third-order valence-electron chi connectivity index (χ3n) is 4.72. The van der Waals surface area contributed by atoms with Gasteiger partial charge in [-0.1, -0.05) is 20.3 Å². The Hall–Kier alpha value is -1.10. The van der Waals surface area contributed by atoms with Gasteiger partial charge in [-0.05, 0) is 46.1 Å². The Morgan fingerprint density at radius 3 is 2.52 bits per heavy atom. The van der Waals surface area contributed by atoms with Crippen LogP contribution in [0.25, 0.3) is 0 Å². The molecule has 0 spiro atoms. The lowest BCUT2D eigenvalue weighted by Crippen LogP contribution is -2.55. The molecule has 1 saturated heterocycles. The molecule has 21 heavy (non-hydrogen) atoms. The molecule has 5 nitrogen and oxygen atoms in total. The van der Waals surface area contributed by atoms with Crippen LogP contribution in [0.4, 0.5) is 0 Å². The number of aliphatic carboxylic acids is 1. The van der Waals surface area contributed by atoms with Crippen LogP contribution in [0, 0.1) is 5.41 Å². The highest BCUT2D eigenvalue weighted by Gasteiger charge is 2.43. The second-order valence-corrected chi connectivity index (χ2v) is 6.40. The molecule has 122 valence electrons. The van der Waals surface area contributed by atoms with E-state index in [1.165, 1.54) is 0 Å². The standard InChI is InChI=1S/C16H30N2O3/c1-5-8-16(15(20)21)9-7-10-18(11-16)13(4)14(19)17-12(3)6-2/h12-13H,5-11H2,1-4H3,(H,17,19)(H,20,21). The molecule has 1 heterocycles. The number of nitrogens with zero attached hydrogens (tertiary/aromatic N) is 1. The molecule has 0 aromatic carbocycles. The zero-order valence-corrected chi connectivity index (χ0v) is 13.8. The van der Waals surface area contributed by atoms with Crippen LogP contribution < -0.4 is 5.32 Å². The van der Waals surface area contributed by atoms with Crippen LogP contribution in [-0.4, -0.2) is 47.1 Å². The van der Waals surface area contributed by atoms with Crippen molar-refractivity contribution >= 4 is 11.9 Å². The molecular formula is C16H30N2O3. The molecule has 3 unspecified atom stereocenters. The summed E-state index contributed by atoms with van der Waals surface area (Å²) in [5, 5.41) is 12.6. The molecular weight excluding hydrogens is 268 g/mol. The van der Waals surface area contributed by atoms with E-state index in [0.29, 0.717) is 19.4 Å². The number of hydrogen-bond donors (Lipinski definition) is 2. The van der Waals surface area contributed by atoms with Crippen molar-refractivity contribution in [3.63, 3.8) is 0 Å². The fourth-order valence-electron chi connectivity index (χ4n) is 3.09. The van der Waals surface area contributed by atoms with Crippen LogP contribution in [0.5, 0.6) is 0 Å². The molecule has 1 rings (SSSR count). The predicted octanol–water partition coefficient (Wildman–Crippen LogP) is 2.26. The smallest absolute Gasteiger partial charge is 0.310 e. The fraction of sp³-hybridized carbons (Fsp3) is 0.875. The molecule has 0 radical (unpaired) electrons. The number of amides is 1. The minimum absolute atomic E-state index is 0.00189. The van der Waals surface area contributed by atoms with Gasteiger partial charge in [0.15, 0.2) is 0 Å². The molecule has 0 saturated carbocycles. The summed E-state index contributed by atoms with van der Waals surface area (Å²) < 4.78 is 0. The highest BCUT2D eigenvalue weighted by Crippen LogP contribution is 2.35. The van der Waals surface area contributed by atoms with Crippen molar-refractivity contribution in [1.82, 2.24) is 10.2 Å². The third-order valence-corrected chi connectivity index (χ3v) is 4.72. The Morgan fingerprint density at radius 2 is 2.00 bits per heavy atom. The first-order valence-electron chi connectivity index (χ1n) is 8.14. The van der Waals surface area contributed by atoms with E-state index in [0.717, 1.165) is 25.8 Å². The van der Waals surface area contributed by atoms with Gasteiger partial charge < -0.3 is 10.4 Å². The molecule has 0 aromatic rings. The van der Waals surface area contributed by atoms with Crippen LogP contribution in [0.1, 0.15) is 59.8 Å². The van der Waals surface area contributed by atoms with E-state index in [9.17, 15) is 14.7 Å². The van der Waals surface area contributed by atoms with Crippen molar-refractivity contribution in [2.45, 2.75) is 71.9 Å². The average molecular weight is 298 g/mol. The summed E-state index contributed by atoms with van der Waals surface area (Å²) in [5.41, 5.74) is -0.683. The zero-order chi connectivity index (χ0) is 16.0. The average Bonchev–Trinajstić information content (AvgIpc) is 2.46. The summed E-state index contributed by atoms with van der Waals surface area (Å²) in [6, 6.07) is -0.112. The maximum absolute atomic E-state index is 12.3. The second kappa shape index (κ2) is 7.78. The summed E-state index contributed by atoms with van der Waals surface area (Å²) in [6.07, 6.45) is 3.99. The molecule has 5 heteroatoms. The van der Waals surface area contributed by atoms with Crippen molar-refractivity contribution in [1.29, 1.82) is 0 Å². The maximum atomic E-state index is 12.3. The third kappa shape index (κ3) is 4.43. The summed E-state index contributed by atoms with van der Waals surface area (Å²) >= 11 is 0. The van der Waals surface area contributed by atoms with E-state index in [-0.39, 0.29) is 18.0 Å². The lowest BCUT2D eigenvalue weighted by molar-refractivity contribution is -0.155. The molecule has 0 aromatic heterocycles. The van der Waals surface area contributed by atoms with E-state index >= 15 is 0 Å². The Bertz CT molecular complexity index is 369. The van der Waals surface area contributed by atoms with E-state index in [1.54, 1.807) is 0 Å². The quantitative estimate of drug-likeness (QED) is 0.756. The molecule has 0 aliphatic carbocycles. The fourth-order valence-corrected chi connectivity index (χ4v) is 3.09. The highest BCUT2D eigenvalue weighted by molar-refractivity contribution is 5.82. The van der Waals surface area contributed by atoms with Gasteiger partial charge in [0, 0.05) is 12.6 Å². The first-order valence-corrected chi connectivity index (χ1v) is 8.14. The molecule has 0 bridgehead atoms. The summed E-state index contributed by atoms with van der Waals surface area (Å²) in [4.78, 5) is 26.0. The van der Waals surface area contributed by atoms with Crippen LogP contribution >= 0.6 is 0 Å². The lowest BCUT2D eigenvalue weighted by atomic mass is 9.76. The van der Waals surface area contributed by atoms with E-state index < -0.39 is 11.4 Å². The van der Waals surface area contributed by atoms with Gasteiger partial charge in [0.25, 0.3) is 0 Å². The normalized spacial score (nSPS) is 26.1. The molecule has 1 aliphatic rings. The van der Waals surface area contributed by atoms with Gasteiger partial charge in [-0.25, -0.2) is 0 Å². The van der Waals surface area contributed by atoms with Gasteiger partial charge in [0.1, 0.15) is 0 Å². The topological polar surface area (TPSA) is 69.6 Å². The minimum Gasteiger partial charge on any atom is -0.481 e. The molecule has 1 aliphatic heterocycles. The van der Waals surface area contributed by atoms with E-state index in [4.69, 9.17) is 0 Å². The number of hydrogen-bond acceptors (Lipinski definition) is 3. The number of carbonyl (C=O) groups excluding carboxylic acids is 1. The number of piperidine rings is 1. The van der Waals surface area contributed by atoms with Crippen molar-refractivity contribution in [2.75, 3.05) is 13.1 Å². The van der Waals surface area contributed by atoms with Crippen molar-refractivity contribution in [3.8, 4) is 0 Å². The number of rotatable bonds is 7. The summed E-state index contributed by atoms with van der Waals surface area (Å²) in [6.45, 7) is 9.19. The lowest BCUT2D eigenvalue weighted by Gasteiger charge is -2.42. The van der Waals surface area contributed by atoms with Gasteiger partial charge in [-0.3, -0.25) is 14.5 Å². The first kappa shape index (κ1) is 18.0. The Labute approximate surface area is 128 Å². The second-order valence-electron chi connectivity index (χ2n) is 6.40. The molecule has 2 N–H and O–H groups in total. The Kier molecular flexibility index (Phi) is 6.65. The zero-order valence-electron chi connectivity index (χ0n) is 13.8. The Morgan fingerprint density at radius 1 is 1.33 bits per heavy atom. The summed E-state index contributed by atoms with van der Waals surface area (Å²) in [7, 11) is 0. The van der Waals surface area contributed by atoms with Gasteiger partial charge in [0.05, 0.1) is 11.5 Å². The predicted molar refractivity (Wildman–Crippen MR) is 83.1 cm³/mol. The van der Waals surface area contributed by atoms with Gasteiger partial charge in [-0.2, -0.15) is 0 Å². The molecule has 3 atom stereocenters. The maximum Gasteiger partial charge on any atom is 0.310 e.